The highest BCUT2D eigenvalue weighted by molar-refractivity contribution is 5.11. The minimum Gasteiger partial charge on any atom is -0.338 e. The maximum absolute atomic E-state index is 5.87. The predicted octanol–water partition coefficient (Wildman–Crippen LogP) is 0.672. The zero-order chi connectivity index (χ0) is 9.42. The van der Waals surface area contributed by atoms with E-state index in [0.717, 1.165) is 18.1 Å². The molecule has 0 unspecified atom stereocenters. The Bertz CT molecular complexity index is 305. The highest BCUT2D eigenvalue weighted by atomic mass is 15.3. The maximum atomic E-state index is 5.87. The first-order chi connectivity index (χ1) is 6.20. The van der Waals surface area contributed by atoms with Crippen LogP contribution in [0.4, 0.5) is 0 Å². The van der Waals surface area contributed by atoms with Crippen molar-refractivity contribution in [1.29, 1.82) is 0 Å². The second kappa shape index (κ2) is 3.03. The number of imidazole rings is 1. The van der Waals surface area contributed by atoms with Crippen LogP contribution in [0.1, 0.15) is 30.4 Å². The summed E-state index contributed by atoms with van der Waals surface area (Å²) in [4.78, 5) is 6.54. The number of likely N-dealkylation sites (tertiary alicyclic amines) is 1. The summed E-state index contributed by atoms with van der Waals surface area (Å²) in [6, 6.07) is 0.464. The van der Waals surface area contributed by atoms with Crippen molar-refractivity contribution in [1.82, 2.24) is 14.6 Å². The molecule has 1 aromatic heterocycles. The van der Waals surface area contributed by atoms with Crippen molar-refractivity contribution < 1.29 is 0 Å². The fourth-order valence-corrected chi connectivity index (χ4v) is 2.00. The van der Waals surface area contributed by atoms with E-state index in [1.165, 1.54) is 12.8 Å². The summed E-state index contributed by atoms with van der Waals surface area (Å²) < 4.78 is 1.70. The van der Waals surface area contributed by atoms with Crippen molar-refractivity contribution in [2.24, 2.45) is 0 Å². The molecule has 0 amide bonds. The fraction of sp³-hybridized carbons (Fsp3) is 0.667. The van der Waals surface area contributed by atoms with Gasteiger partial charge in [0.15, 0.2) is 0 Å². The van der Waals surface area contributed by atoms with Gasteiger partial charge in [-0.05, 0) is 33.4 Å². The van der Waals surface area contributed by atoms with E-state index in [1.54, 1.807) is 4.68 Å². The topological polar surface area (TPSA) is 47.1 Å². The lowest BCUT2D eigenvalue weighted by Gasteiger charge is -2.19. The van der Waals surface area contributed by atoms with Gasteiger partial charge in [-0.2, -0.15) is 0 Å². The van der Waals surface area contributed by atoms with Gasteiger partial charge in [0.1, 0.15) is 5.82 Å². The first-order valence-electron chi connectivity index (χ1n) is 4.69. The number of nitrogen functional groups attached to an aromatic ring is 1. The molecule has 1 atom stereocenters. The largest absolute Gasteiger partial charge is 0.338 e. The highest BCUT2D eigenvalue weighted by Crippen LogP contribution is 2.29. The zero-order valence-electron chi connectivity index (χ0n) is 8.20. The van der Waals surface area contributed by atoms with Gasteiger partial charge in [0, 0.05) is 0 Å². The third kappa shape index (κ3) is 1.31. The molecule has 2 heterocycles. The van der Waals surface area contributed by atoms with Crippen LogP contribution < -0.4 is 5.84 Å². The van der Waals surface area contributed by atoms with Crippen LogP contribution in [0.5, 0.6) is 0 Å². The molecule has 4 nitrogen and oxygen atoms in total. The lowest BCUT2D eigenvalue weighted by molar-refractivity contribution is 0.308. The normalized spacial score (nSPS) is 24.0. The third-order valence-electron chi connectivity index (χ3n) is 2.87. The molecule has 1 fully saturated rings. The summed E-state index contributed by atoms with van der Waals surface area (Å²) in [5.41, 5.74) is 1.14. The van der Waals surface area contributed by atoms with Crippen LogP contribution in [0.25, 0.3) is 0 Å². The highest BCUT2D eigenvalue weighted by Gasteiger charge is 2.25. The Balaban J connectivity index is 2.29. The lowest BCUT2D eigenvalue weighted by Crippen LogP contribution is -2.23. The van der Waals surface area contributed by atoms with Gasteiger partial charge in [-0.15, -0.1) is 0 Å². The maximum Gasteiger partial charge on any atom is 0.124 e. The van der Waals surface area contributed by atoms with Gasteiger partial charge in [-0.25, -0.2) is 4.98 Å². The SMILES string of the molecule is Cc1ncc([C@@H]2CCCN2C)n1N. The van der Waals surface area contributed by atoms with Crippen LogP contribution in [0.15, 0.2) is 6.20 Å². The molecule has 0 spiro atoms. The summed E-state index contributed by atoms with van der Waals surface area (Å²) in [6.07, 6.45) is 4.34. The van der Waals surface area contributed by atoms with Crippen LogP contribution in [-0.4, -0.2) is 28.2 Å². The standard InChI is InChI=1S/C9H16N4/c1-7-11-6-9(13(7)10)8-4-3-5-12(8)2/h6,8H,3-5,10H2,1-2H3/t8-/m0/s1. The van der Waals surface area contributed by atoms with Crippen LogP contribution in [-0.2, 0) is 0 Å². The molecule has 4 heteroatoms. The molecule has 13 heavy (non-hydrogen) atoms. The van der Waals surface area contributed by atoms with E-state index >= 15 is 0 Å². The molecule has 0 radical (unpaired) electrons. The summed E-state index contributed by atoms with van der Waals surface area (Å²) >= 11 is 0. The van der Waals surface area contributed by atoms with Crippen molar-refractivity contribution in [2.45, 2.75) is 25.8 Å². The fourth-order valence-electron chi connectivity index (χ4n) is 2.00. The van der Waals surface area contributed by atoms with Crippen LogP contribution in [0, 0.1) is 6.92 Å². The molecule has 2 N–H and O–H groups in total. The van der Waals surface area contributed by atoms with Gasteiger partial charge in [0.05, 0.1) is 17.9 Å². The number of hydrogen-bond donors (Lipinski definition) is 1. The quantitative estimate of drug-likeness (QED) is 0.646. The van der Waals surface area contributed by atoms with E-state index in [2.05, 4.69) is 16.9 Å². The molecule has 1 saturated heterocycles. The van der Waals surface area contributed by atoms with Crippen LogP contribution in [0.3, 0.4) is 0 Å². The Morgan fingerprint density at radius 2 is 2.38 bits per heavy atom. The van der Waals surface area contributed by atoms with Crippen molar-refractivity contribution >= 4 is 0 Å². The third-order valence-corrected chi connectivity index (χ3v) is 2.87. The molecule has 1 aliphatic rings. The zero-order valence-corrected chi connectivity index (χ0v) is 8.20. The van der Waals surface area contributed by atoms with E-state index in [4.69, 9.17) is 5.84 Å². The van der Waals surface area contributed by atoms with Crippen molar-refractivity contribution in [2.75, 3.05) is 19.4 Å². The smallest absolute Gasteiger partial charge is 0.124 e. The van der Waals surface area contributed by atoms with Crippen molar-refractivity contribution in [3.63, 3.8) is 0 Å². The van der Waals surface area contributed by atoms with Gasteiger partial charge < -0.3 is 5.84 Å². The van der Waals surface area contributed by atoms with E-state index in [-0.39, 0.29) is 0 Å². The first-order valence-corrected chi connectivity index (χ1v) is 4.69. The lowest BCUT2D eigenvalue weighted by atomic mass is 10.2. The molecule has 1 aliphatic heterocycles. The van der Waals surface area contributed by atoms with Gasteiger partial charge in [-0.1, -0.05) is 0 Å². The van der Waals surface area contributed by atoms with E-state index in [0.29, 0.717) is 6.04 Å². The molecule has 0 saturated carbocycles. The molecule has 72 valence electrons. The Labute approximate surface area is 78.3 Å². The number of nitrogens with zero attached hydrogens (tertiary/aromatic N) is 3. The van der Waals surface area contributed by atoms with Crippen LogP contribution in [0.2, 0.25) is 0 Å². The van der Waals surface area contributed by atoms with E-state index in [9.17, 15) is 0 Å². The van der Waals surface area contributed by atoms with Crippen LogP contribution >= 0.6 is 0 Å². The minimum atomic E-state index is 0.464. The van der Waals surface area contributed by atoms with Gasteiger partial charge in [-0.3, -0.25) is 9.58 Å². The predicted molar refractivity (Wildman–Crippen MR) is 51.7 cm³/mol. The average Bonchev–Trinajstić information content (AvgIpc) is 2.62. The van der Waals surface area contributed by atoms with Gasteiger partial charge >= 0.3 is 0 Å². The van der Waals surface area contributed by atoms with Gasteiger partial charge in [0.25, 0.3) is 0 Å². The van der Waals surface area contributed by atoms with Gasteiger partial charge in [0.2, 0.25) is 0 Å². The number of aryl methyl sites for hydroxylation is 1. The monoisotopic (exact) mass is 180 g/mol. The molecule has 0 bridgehead atoms. The Kier molecular flexibility index (Phi) is 2.00. The number of hydrogen-bond acceptors (Lipinski definition) is 3. The number of nitrogens with two attached hydrogens (primary N) is 1. The van der Waals surface area contributed by atoms with Crippen molar-refractivity contribution in [3.05, 3.63) is 17.7 Å². The molecular formula is C9H16N4. The molecule has 0 aliphatic carbocycles. The second-order valence-electron chi connectivity index (χ2n) is 3.74. The Hall–Kier alpha value is -1.03. The average molecular weight is 180 g/mol. The molecular weight excluding hydrogens is 164 g/mol. The summed E-state index contributed by atoms with van der Waals surface area (Å²) in [6.45, 7) is 3.09. The van der Waals surface area contributed by atoms with E-state index in [1.807, 2.05) is 13.1 Å². The first kappa shape index (κ1) is 8.56. The Morgan fingerprint density at radius 3 is 2.85 bits per heavy atom. The molecule has 1 aromatic rings. The summed E-state index contributed by atoms with van der Waals surface area (Å²) in [5, 5.41) is 0. The molecule has 0 aromatic carbocycles. The Morgan fingerprint density at radius 1 is 1.62 bits per heavy atom. The number of rotatable bonds is 1. The van der Waals surface area contributed by atoms with Crippen molar-refractivity contribution in [3.8, 4) is 0 Å². The summed E-state index contributed by atoms with van der Waals surface area (Å²) in [7, 11) is 2.14. The number of aromatic nitrogens is 2. The van der Waals surface area contributed by atoms with E-state index < -0.39 is 0 Å². The molecule has 2 rings (SSSR count). The second-order valence-corrected chi connectivity index (χ2v) is 3.74. The summed E-state index contributed by atoms with van der Waals surface area (Å²) in [5.74, 6) is 6.76. The minimum absolute atomic E-state index is 0.464.